The second kappa shape index (κ2) is 7.51. The van der Waals surface area contributed by atoms with Crippen LogP contribution in [-0.2, 0) is 0 Å². The quantitative estimate of drug-likeness (QED) is 0.676. The van der Waals surface area contributed by atoms with Gasteiger partial charge in [-0.3, -0.25) is 0 Å². The molecule has 1 unspecified atom stereocenters. The van der Waals surface area contributed by atoms with Crippen LogP contribution in [0.5, 0.6) is 5.75 Å². The predicted octanol–water partition coefficient (Wildman–Crippen LogP) is 3.23. The van der Waals surface area contributed by atoms with E-state index in [1.807, 2.05) is 12.1 Å². The average Bonchev–Trinajstić information content (AvgIpc) is 2.39. The first-order chi connectivity index (χ1) is 8.98. The summed E-state index contributed by atoms with van der Waals surface area (Å²) < 4.78 is 0. The van der Waals surface area contributed by atoms with Gasteiger partial charge >= 0.3 is 0 Å². The number of hydrogen-bond acceptors (Lipinski definition) is 3. The number of aliphatic hydroxyl groups excluding tert-OH is 1. The van der Waals surface area contributed by atoms with E-state index in [9.17, 15) is 5.11 Å². The Labute approximate surface area is 116 Å². The first-order valence-corrected chi connectivity index (χ1v) is 7.11. The minimum Gasteiger partial charge on any atom is -0.508 e. The lowest BCUT2D eigenvalue weighted by Crippen LogP contribution is -2.32. The Morgan fingerprint density at radius 2 is 1.84 bits per heavy atom. The van der Waals surface area contributed by atoms with Gasteiger partial charge in [0.05, 0.1) is 0 Å². The molecule has 0 aliphatic carbocycles. The molecule has 0 aliphatic heterocycles. The van der Waals surface area contributed by atoms with Gasteiger partial charge in [-0.05, 0) is 42.4 Å². The molecule has 1 aromatic carbocycles. The summed E-state index contributed by atoms with van der Waals surface area (Å²) in [6.07, 6.45) is 2.88. The van der Waals surface area contributed by atoms with Gasteiger partial charge in [0.15, 0.2) is 0 Å². The first-order valence-electron chi connectivity index (χ1n) is 7.11. The number of aromatic hydroxyl groups is 1. The molecule has 0 amide bonds. The van der Waals surface area contributed by atoms with Crippen LogP contribution in [0.15, 0.2) is 24.3 Å². The van der Waals surface area contributed by atoms with E-state index in [1.54, 1.807) is 12.1 Å². The fourth-order valence-corrected chi connectivity index (χ4v) is 2.25. The standard InChI is InChI=1S/C16H27NO2/c1-4-15(13-6-8-14(19)9-7-13)17-12-16(2,3)10-5-11-18/h6-9,15,17-19H,4-5,10-12H2,1-3H3. The van der Waals surface area contributed by atoms with Crippen LogP contribution >= 0.6 is 0 Å². The molecule has 1 rings (SSSR count). The lowest BCUT2D eigenvalue weighted by Gasteiger charge is -2.28. The second-order valence-corrected chi connectivity index (χ2v) is 5.92. The van der Waals surface area contributed by atoms with Gasteiger partial charge < -0.3 is 15.5 Å². The second-order valence-electron chi connectivity index (χ2n) is 5.92. The number of hydrogen-bond donors (Lipinski definition) is 3. The number of nitrogens with one attached hydrogen (secondary N) is 1. The van der Waals surface area contributed by atoms with Crippen molar-refractivity contribution in [3.63, 3.8) is 0 Å². The Kier molecular flexibility index (Phi) is 6.32. The largest absolute Gasteiger partial charge is 0.508 e. The number of phenols is 1. The molecule has 108 valence electrons. The third-order valence-electron chi connectivity index (χ3n) is 3.54. The van der Waals surface area contributed by atoms with Crippen LogP contribution in [0, 0.1) is 5.41 Å². The van der Waals surface area contributed by atoms with Crippen LogP contribution in [0.4, 0.5) is 0 Å². The van der Waals surface area contributed by atoms with Crippen molar-refractivity contribution in [2.45, 2.75) is 46.1 Å². The van der Waals surface area contributed by atoms with Crippen molar-refractivity contribution in [2.75, 3.05) is 13.2 Å². The molecule has 0 aliphatic rings. The van der Waals surface area contributed by atoms with E-state index in [2.05, 4.69) is 26.1 Å². The SMILES string of the molecule is CCC(NCC(C)(C)CCCO)c1ccc(O)cc1. The molecule has 3 N–H and O–H groups in total. The van der Waals surface area contributed by atoms with Crippen molar-refractivity contribution >= 4 is 0 Å². The summed E-state index contributed by atoms with van der Waals surface area (Å²) in [5, 5.41) is 21.8. The van der Waals surface area contributed by atoms with E-state index in [0.29, 0.717) is 11.8 Å². The minimum atomic E-state index is 0.188. The number of rotatable bonds is 8. The molecule has 0 saturated heterocycles. The summed E-state index contributed by atoms with van der Waals surface area (Å²) in [5.74, 6) is 0.307. The van der Waals surface area contributed by atoms with Crippen molar-refractivity contribution in [1.29, 1.82) is 0 Å². The Morgan fingerprint density at radius 1 is 1.21 bits per heavy atom. The molecular weight excluding hydrogens is 238 g/mol. The Morgan fingerprint density at radius 3 is 2.37 bits per heavy atom. The normalized spacial score (nSPS) is 13.5. The molecule has 1 aromatic rings. The van der Waals surface area contributed by atoms with E-state index in [4.69, 9.17) is 5.11 Å². The van der Waals surface area contributed by atoms with Gasteiger partial charge in [0, 0.05) is 19.2 Å². The summed E-state index contributed by atoms with van der Waals surface area (Å²) >= 11 is 0. The van der Waals surface area contributed by atoms with Gasteiger partial charge in [0.1, 0.15) is 5.75 Å². The van der Waals surface area contributed by atoms with Crippen molar-refractivity contribution in [1.82, 2.24) is 5.32 Å². The highest BCUT2D eigenvalue weighted by Gasteiger charge is 2.19. The summed E-state index contributed by atoms with van der Waals surface area (Å²) in [6, 6.07) is 7.72. The van der Waals surface area contributed by atoms with Crippen LogP contribution in [0.1, 0.15) is 51.6 Å². The maximum absolute atomic E-state index is 9.32. The third kappa shape index (κ3) is 5.62. The zero-order valence-corrected chi connectivity index (χ0v) is 12.3. The van der Waals surface area contributed by atoms with Crippen molar-refractivity contribution < 1.29 is 10.2 Å². The van der Waals surface area contributed by atoms with E-state index < -0.39 is 0 Å². The lowest BCUT2D eigenvalue weighted by atomic mass is 9.87. The molecule has 0 saturated carbocycles. The van der Waals surface area contributed by atoms with E-state index >= 15 is 0 Å². The maximum atomic E-state index is 9.32. The Hall–Kier alpha value is -1.06. The van der Waals surface area contributed by atoms with E-state index in [-0.39, 0.29) is 12.0 Å². The molecule has 0 spiro atoms. The van der Waals surface area contributed by atoms with Crippen LogP contribution in [0.2, 0.25) is 0 Å². The molecule has 0 radical (unpaired) electrons. The zero-order chi connectivity index (χ0) is 14.3. The fourth-order valence-electron chi connectivity index (χ4n) is 2.25. The van der Waals surface area contributed by atoms with Crippen LogP contribution < -0.4 is 5.32 Å². The summed E-state index contributed by atoms with van der Waals surface area (Å²) in [4.78, 5) is 0. The summed E-state index contributed by atoms with van der Waals surface area (Å²) in [7, 11) is 0. The topological polar surface area (TPSA) is 52.5 Å². The lowest BCUT2D eigenvalue weighted by molar-refractivity contribution is 0.231. The minimum absolute atomic E-state index is 0.188. The highest BCUT2D eigenvalue weighted by atomic mass is 16.3. The third-order valence-corrected chi connectivity index (χ3v) is 3.54. The molecule has 3 heteroatoms. The van der Waals surface area contributed by atoms with Gasteiger partial charge in [0.2, 0.25) is 0 Å². The molecule has 0 heterocycles. The highest BCUT2D eigenvalue weighted by Crippen LogP contribution is 2.24. The van der Waals surface area contributed by atoms with E-state index in [1.165, 1.54) is 5.56 Å². The molecule has 19 heavy (non-hydrogen) atoms. The smallest absolute Gasteiger partial charge is 0.115 e. The van der Waals surface area contributed by atoms with Gasteiger partial charge in [-0.2, -0.15) is 0 Å². The predicted molar refractivity (Wildman–Crippen MR) is 79.2 cm³/mol. The van der Waals surface area contributed by atoms with Gasteiger partial charge in [-0.1, -0.05) is 32.9 Å². The summed E-state index contributed by atoms with van der Waals surface area (Å²) in [5.41, 5.74) is 1.39. The monoisotopic (exact) mass is 265 g/mol. The van der Waals surface area contributed by atoms with Crippen molar-refractivity contribution in [3.8, 4) is 5.75 Å². The first kappa shape index (κ1) is 16.0. The highest BCUT2D eigenvalue weighted by molar-refractivity contribution is 5.27. The van der Waals surface area contributed by atoms with Crippen molar-refractivity contribution in [2.24, 2.45) is 5.41 Å². The Balaban J connectivity index is 2.55. The molecule has 0 aromatic heterocycles. The number of benzene rings is 1. The number of phenolic OH excluding ortho intramolecular Hbond substituents is 1. The van der Waals surface area contributed by atoms with Crippen molar-refractivity contribution in [3.05, 3.63) is 29.8 Å². The number of aliphatic hydroxyl groups is 1. The van der Waals surface area contributed by atoms with E-state index in [0.717, 1.165) is 25.8 Å². The Bertz CT molecular complexity index is 360. The summed E-state index contributed by atoms with van der Waals surface area (Å²) in [6.45, 7) is 7.79. The maximum Gasteiger partial charge on any atom is 0.115 e. The molecule has 1 atom stereocenters. The van der Waals surface area contributed by atoms with Crippen LogP contribution in [0.3, 0.4) is 0 Å². The van der Waals surface area contributed by atoms with Gasteiger partial charge in [-0.15, -0.1) is 0 Å². The van der Waals surface area contributed by atoms with Gasteiger partial charge in [0.25, 0.3) is 0 Å². The fraction of sp³-hybridized carbons (Fsp3) is 0.625. The average molecular weight is 265 g/mol. The van der Waals surface area contributed by atoms with Crippen LogP contribution in [-0.4, -0.2) is 23.4 Å². The molecule has 0 fully saturated rings. The molecule has 0 bridgehead atoms. The zero-order valence-electron chi connectivity index (χ0n) is 12.3. The molecular formula is C16H27NO2. The van der Waals surface area contributed by atoms with Crippen LogP contribution in [0.25, 0.3) is 0 Å². The van der Waals surface area contributed by atoms with Gasteiger partial charge in [-0.25, -0.2) is 0 Å². The molecule has 3 nitrogen and oxygen atoms in total.